The maximum absolute atomic E-state index is 12.7. The van der Waals surface area contributed by atoms with Crippen LogP contribution in [0.2, 0.25) is 0 Å². The monoisotopic (exact) mass is 378 g/mol. The molecule has 3 aromatic rings. The van der Waals surface area contributed by atoms with Gasteiger partial charge in [0.25, 0.3) is 5.91 Å². The fourth-order valence-electron chi connectivity index (χ4n) is 3.14. The van der Waals surface area contributed by atoms with Crippen LogP contribution in [0, 0.1) is 0 Å². The Kier molecular flexibility index (Phi) is 6.09. The lowest BCUT2D eigenvalue weighted by atomic mass is 10.0. The molecule has 3 rings (SSSR count). The van der Waals surface area contributed by atoms with Crippen molar-refractivity contribution in [1.82, 2.24) is 20.0 Å². The van der Waals surface area contributed by atoms with Gasteiger partial charge >= 0.3 is 0 Å². The van der Waals surface area contributed by atoms with Crippen LogP contribution < -0.4 is 5.32 Å². The summed E-state index contributed by atoms with van der Waals surface area (Å²) in [5.41, 5.74) is 3.60. The van der Waals surface area contributed by atoms with Gasteiger partial charge in [-0.05, 0) is 41.8 Å². The summed E-state index contributed by atoms with van der Waals surface area (Å²) >= 11 is 0. The molecular formula is C22H26N4O2. The number of aryl methyl sites for hydroxylation is 1. The number of amides is 2. The number of hydrogen-bond acceptors (Lipinski definition) is 3. The summed E-state index contributed by atoms with van der Waals surface area (Å²) in [5, 5.41) is 8.16. The number of rotatable bonds is 7. The third-order valence-electron chi connectivity index (χ3n) is 4.77. The third-order valence-corrected chi connectivity index (χ3v) is 4.77. The first-order chi connectivity index (χ1) is 13.5. The Labute approximate surface area is 165 Å². The molecule has 0 spiro atoms. The Morgan fingerprint density at radius 3 is 2.71 bits per heavy atom. The predicted molar refractivity (Wildman–Crippen MR) is 111 cm³/mol. The number of unbranched alkanes of at least 4 members (excludes halogenated alkanes) is 1. The average molecular weight is 378 g/mol. The molecule has 2 amide bonds. The summed E-state index contributed by atoms with van der Waals surface area (Å²) in [6.45, 7) is 2.76. The lowest BCUT2D eigenvalue weighted by Gasteiger charge is -2.17. The van der Waals surface area contributed by atoms with Crippen molar-refractivity contribution in [2.75, 3.05) is 20.1 Å². The molecule has 0 aliphatic rings. The molecule has 1 heterocycles. The van der Waals surface area contributed by atoms with Crippen molar-refractivity contribution in [3.63, 3.8) is 0 Å². The molecule has 0 radical (unpaired) electrons. The number of hydrogen-bond donors (Lipinski definition) is 1. The number of carbonyl (C=O) groups is 2. The smallest absolute Gasteiger partial charge is 0.254 e. The van der Waals surface area contributed by atoms with E-state index >= 15 is 0 Å². The van der Waals surface area contributed by atoms with Gasteiger partial charge in [-0.1, -0.05) is 31.5 Å². The van der Waals surface area contributed by atoms with Crippen molar-refractivity contribution < 1.29 is 9.59 Å². The van der Waals surface area contributed by atoms with Gasteiger partial charge < -0.3 is 10.2 Å². The standard InChI is InChI=1S/C22H26N4O2/c1-4-5-11-23-21(27)15-25(2)22(28)18-8-6-7-16(12-18)17-9-10-20-19(13-17)14-24-26(20)3/h6-10,12-14H,4-5,11,15H2,1-3H3,(H,23,27). The van der Waals surface area contributed by atoms with Crippen LogP contribution >= 0.6 is 0 Å². The second kappa shape index (κ2) is 8.69. The Morgan fingerprint density at radius 1 is 1.14 bits per heavy atom. The summed E-state index contributed by atoms with van der Waals surface area (Å²) in [7, 11) is 3.56. The van der Waals surface area contributed by atoms with Crippen LogP contribution in [0.4, 0.5) is 0 Å². The van der Waals surface area contributed by atoms with E-state index in [1.165, 1.54) is 4.90 Å². The highest BCUT2D eigenvalue weighted by Crippen LogP contribution is 2.25. The van der Waals surface area contributed by atoms with Crippen molar-refractivity contribution in [3.8, 4) is 11.1 Å². The highest BCUT2D eigenvalue weighted by molar-refractivity contribution is 5.97. The normalized spacial score (nSPS) is 10.8. The molecule has 6 nitrogen and oxygen atoms in total. The fraction of sp³-hybridized carbons (Fsp3) is 0.318. The SMILES string of the molecule is CCCCNC(=O)CN(C)C(=O)c1cccc(-c2ccc3c(cnn3C)c2)c1. The van der Waals surface area contributed by atoms with Crippen LogP contribution in [0.15, 0.2) is 48.7 Å². The molecule has 0 saturated heterocycles. The zero-order chi connectivity index (χ0) is 20.1. The minimum absolute atomic E-state index is 0.0500. The molecule has 0 saturated carbocycles. The van der Waals surface area contributed by atoms with Gasteiger partial charge in [0.05, 0.1) is 18.3 Å². The quantitative estimate of drug-likeness (QED) is 0.642. The van der Waals surface area contributed by atoms with E-state index in [0.717, 1.165) is 34.9 Å². The molecule has 0 aliphatic carbocycles. The highest BCUT2D eigenvalue weighted by atomic mass is 16.2. The van der Waals surface area contributed by atoms with E-state index in [9.17, 15) is 9.59 Å². The largest absolute Gasteiger partial charge is 0.355 e. The summed E-state index contributed by atoms with van der Waals surface area (Å²) in [6, 6.07) is 13.6. The Hall–Kier alpha value is -3.15. The van der Waals surface area contributed by atoms with E-state index in [1.54, 1.807) is 13.1 Å². The molecule has 0 bridgehead atoms. The first-order valence-corrected chi connectivity index (χ1v) is 9.54. The number of nitrogens with one attached hydrogen (secondary N) is 1. The predicted octanol–water partition coefficient (Wildman–Crippen LogP) is 3.23. The van der Waals surface area contributed by atoms with Gasteiger partial charge in [-0.25, -0.2) is 0 Å². The number of fused-ring (bicyclic) bond motifs is 1. The van der Waals surface area contributed by atoms with E-state index in [2.05, 4.69) is 23.4 Å². The molecule has 0 unspecified atom stereocenters. The molecule has 146 valence electrons. The van der Waals surface area contributed by atoms with Gasteiger partial charge in [0.15, 0.2) is 0 Å². The van der Waals surface area contributed by atoms with Gasteiger partial charge in [-0.2, -0.15) is 5.10 Å². The molecule has 6 heteroatoms. The molecule has 28 heavy (non-hydrogen) atoms. The molecule has 2 aromatic carbocycles. The second-order valence-corrected chi connectivity index (χ2v) is 6.99. The average Bonchev–Trinajstić information content (AvgIpc) is 3.08. The van der Waals surface area contributed by atoms with Gasteiger partial charge in [0.2, 0.25) is 5.91 Å². The van der Waals surface area contributed by atoms with E-state index in [4.69, 9.17) is 0 Å². The summed E-state index contributed by atoms with van der Waals surface area (Å²) < 4.78 is 1.83. The van der Waals surface area contributed by atoms with Crippen LogP contribution in [-0.4, -0.2) is 46.6 Å². The van der Waals surface area contributed by atoms with Gasteiger partial charge in [-0.3, -0.25) is 14.3 Å². The topological polar surface area (TPSA) is 67.2 Å². The first kappa shape index (κ1) is 19.6. The Morgan fingerprint density at radius 2 is 1.93 bits per heavy atom. The fourth-order valence-corrected chi connectivity index (χ4v) is 3.14. The lowest BCUT2D eigenvalue weighted by Crippen LogP contribution is -2.38. The van der Waals surface area contributed by atoms with Crippen molar-refractivity contribution in [1.29, 1.82) is 0 Å². The van der Waals surface area contributed by atoms with Crippen LogP contribution in [0.1, 0.15) is 30.1 Å². The molecule has 0 fully saturated rings. The van der Waals surface area contributed by atoms with Crippen LogP contribution in [0.5, 0.6) is 0 Å². The van der Waals surface area contributed by atoms with E-state index in [-0.39, 0.29) is 18.4 Å². The number of nitrogens with zero attached hydrogens (tertiary/aromatic N) is 3. The Balaban J connectivity index is 1.74. The number of carbonyl (C=O) groups excluding carboxylic acids is 2. The minimum Gasteiger partial charge on any atom is -0.355 e. The zero-order valence-electron chi connectivity index (χ0n) is 16.6. The van der Waals surface area contributed by atoms with Crippen LogP contribution in [0.3, 0.4) is 0 Å². The zero-order valence-corrected chi connectivity index (χ0v) is 16.6. The van der Waals surface area contributed by atoms with Crippen molar-refractivity contribution in [2.45, 2.75) is 19.8 Å². The molecule has 1 aromatic heterocycles. The van der Waals surface area contributed by atoms with Gasteiger partial charge in [-0.15, -0.1) is 0 Å². The van der Waals surface area contributed by atoms with Crippen molar-refractivity contribution in [2.24, 2.45) is 7.05 Å². The van der Waals surface area contributed by atoms with Crippen molar-refractivity contribution in [3.05, 3.63) is 54.2 Å². The molecular weight excluding hydrogens is 352 g/mol. The summed E-state index contributed by atoms with van der Waals surface area (Å²) in [5.74, 6) is -0.308. The van der Waals surface area contributed by atoms with E-state index in [0.29, 0.717) is 12.1 Å². The van der Waals surface area contributed by atoms with Crippen LogP contribution in [-0.2, 0) is 11.8 Å². The first-order valence-electron chi connectivity index (χ1n) is 9.54. The number of likely N-dealkylation sites (N-methyl/N-ethyl adjacent to an activating group) is 1. The molecule has 0 aliphatic heterocycles. The number of aromatic nitrogens is 2. The molecule has 0 atom stereocenters. The van der Waals surface area contributed by atoms with Crippen molar-refractivity contribution >= 4 is 22.7 Å². The van der Waals surface area contributed by atoms with E-state index in [1.807, 2.05) is 48.3 Å². The Bertz CT molecular complexity index is 993. The van der Waals surface area contributed by atoms with Gasteiger partial charge in [0.1, 0.15) is 0 Å². The van der Waals surface area contributed by atoms with Crippen LogP contribution in [0.25, 0.3) is 22.0 Å². The minimum atomic E-state index is -0.171. The number of benzene rings is 2. The lowest BCUT2D eigenvalue weighted by molar-refractivity contribution is -0.121. The maximum Gasteiger partial charge on any atom is 0.254 e. The third kappa shape index (κ3) is 4.39. The second-order valence-electron chi connectivity index (χ2n) is 6.99. The summed E-state index contributed by atoms with van der Waals surface area (Å²) in [6.07, 6.45) is 3.79. The van der Waals surface area contributed by atoms with E-state index < -0.39 is 0 Å². The maximum atomic E-state index is 12.7. The summed E-state index contributed by atoms with van der Waals surface area (Å²) in [4.78, 5) is 26.2. The molecule has 1 N–H and O–H groups in total. The van der Waals surface area contributed by atoms with Gasteiger partial charge in [0, 0.05) is 31.6 Å². The highest BCUT2D eigenvalue weighted by Gasteiger charge is 2.15.